The van der Waals surface area contributed by atoms with Gasteiger partial charge in [0.2, 0.25) is 15.9 Å². The lowest BCUT2D eigenvalue weighted by atomic mass is 9.92. The summed E-state index contributed by atoms with van der Waals surface area (Å²) in [5, 5.41) is 0. The minimum Gasteiger partial charge on any atom is -0.342 e. The molecule has 1 heterocycles. The van der Waals surface area contributed by atoms with Crippen LogP contribution in [0.25, 0.3) is 0 Å². The lowest BCUT2D eigenvalue weighted by molar-refractivity contribution is -0.130. The summed E-state index contributed by atoms with van der Waals surface area (Å²) in [6.07, 6.45) is 3.57. The molecule has 2 atom stereocenters. The first-order valence-electron chi connectivity index (χ1n) is 10.2. The number of carbonyl (C=O) groups is 1. The van der Waals surface area contributed by atoms with Crippen LogP contribution >= 0.6 is 0 Å². The highest BCUT2D eigenvalue weighted by molar-refractivity contribution is 7.92. The zero-order valence-electron chi connectivity index (χ0n) is 17.0. The van der Waals surface area contributed by atoms with Gasteiger partial charge in [0.1, 0.15) is 0 Å². The number of piperidine rings is 1. The van der Waals surface area contributed by atoms with Gasteiger partial charge in [0.25, 0.3) is 0 Å². The molecule has 1 amide bonds. The Hall–Kier alpha value is -2.34. The molecule has 0 spiro atoms. The van der Waals surface area contributed by atoms with Crippen LogP contribution in [0.3, 0.4) is 0 Å². The van der Waals surface area contributed by atoms with Crippen molar-refractivity contribution in [2.45, 2.75) is 31.6 Å². The Morgan fingerprint density at radius 2 is 1.79 bits per heavy atom. The van der Waals surface area contributed by atoms with Gasteiger partial charge in [-0.15, -0.1) is 0 Å². The summed E-state index contributed by atoms with van der Waals surface area (Å²) in [5.41, 5.74) is 3.05. The minimum absolute atomic E-state index is 0.0238. The zero-order valence-corrected chi connectivity index (χ0v) is 17.8. The topological polar surface area (TPSA) is 66.5 Å². The molecule has 1 aliphatic heterocycles. The standard InChI is InChI=1S/C23H28N2O3S/c1-23(18-11-7-12-19(14-18)24-29(2,27)28)20-15-25(16-21(20)23)22(26)13-6-10-17-8-4-3-5-9-17/h3-5,7-9,11-12,14,20-21,24H,6,10,13,15-16H2,1-2H3. The third kappa shape index (κ3) is 4.17. The Morgan fingerprint density at radius 3 is 2.45 bits per heavy atom. The van der Waals surface area contributed by atoms with Crippen molar-refractivity contribution in [1.29, 1.82) is 0 Å². The number of amides is 1. The van der Waals surface area contributed by atoms with Gasteiger partial charge in [-0.25, -0.2) is 8.42 Å². The van der Waals surface area contributed by atoms with E-state index in [1.807, 2.05) is 35.2 Å². The predicted octanol–water partition coefficient (Wildman–Crippen LogP) is 3.43. The average Bonchev–Trinajstić information content (AvgIpc) is 3.03. The van der Waals surface area contributed by atoms with Crippen LogP contribution in [0.5, 0.6) is 0 Å². The molecule has 0 aromatic heterocycles. The van der Waals surface area contributed by atoms with Crippen LogP contribution in [0.1, 0.15) is 30.9 Å². The van der Waals surface area contributed by atoms with Crippen LogP contribution in [0.2, 0.25) is 0 Å². The molecule has 6 heteroatoms. The van der Waals surface area contributed by atoms with E-state index in [2.05, 4.69) is 29.8 Å². The van der Waals surface area contributed by atoms with Crippen molar-refractivity contribution in [3.05, 3.63) is 65.7 Å². The Kier molecular flexibility index (Phi) is 5.15. The van der Waals surface area contributed by atoms with Crippen LogP contribution in [0.15, 0.2) is 54.6 Å². The maximum absolute atomic E-state index is 12.6. The van der Waals surface area contributed by atoms with E-state index in [-0.39, 0.29) is 11.3 Å². The van der Waals surface area contributed by atoms with Crippen LogP contribution < -0.4 is 4.72 Å². The SMILES string of the molecule is CC1(c2cccc(NS(C)(=O)=O)c2)C2CN(C(=O)CCCc3ccccc3)CC21. The Morgan fingerprint density at radius 1 is 1.10 bits per heavy atom. The molecule has 2 aliphatic rings. The number of nitrogens with one attached hydrogen (secondary N) is 1. The largest absolute Gasteiger partial charge is 0.342 e. The van der Waals surface area contributed by atoms with Crippen molar-refractivity contribution in [1.82, 2.24) is 4.90 Å². The number of aryl methyl sites for hydroxylation is 1. The number of hydrogen-bond donors (Lipinski definition) is 1. The fourth-order valence-electron chi connectivity index (χ4n) is 4.89. The van der Waals surface area contributed by atoms with Crippen molar-refractivity contribution < 1.29 is 13.2 Å². The highest BCUT2D eigenvalue weighted by atomic mass is 32.2. The zero-order chi connectivity index (χ0) is 20.6. The average molecular weight is 413 g/mol. The van der Waals surface area contributed by atoms with Gasteiger partial charge in [0, 0.05) is 30.6 Å². The highest BCUT2D eigenvalue weighted by Crippen LogP contribution is 2.63. The molecule has 5 nitrogen and oxygen atoms in total. The van der Waals surface area contributed by atoms with Crippen molar-refractivity contribution >= 4 is 21.6 Å². The number of anilines is 1. The number of sulfonamides is 1. The summed E-state index contributed by atoms with van der Waals surface area (Å²) >= 11 is 0. The van der Waals surface area contributed by atoms with Gasteiger partial charge >= 0.3 is 0 Å². The monoisotopic (exact) mass is 412 g/mol. The maximum Gasteiger partial charge on any atom is 0.229 e. The molecule has 0 bridgehead atoms. The maximum atomic E-state index is 12.6. The lowest BCUT2D eigenvalue weighted by Gasteiger charge is -2.25. The van der Waals surface area contributed by atoms with Crippen LogP contribution in [-0.2, 0) is 26.7 Å². The summed E-state index contributed by atoms with van der Waals surface area (Å²) < 4.78 is 25.6. The quantitative estimate of drug-likeness (QED) is 0.758. The number of likely N-dealkylation sites (tertiary alicyclic amines) is 1. The normalized spacial score (nSPS) is 25.5. The van der Waals surface area contributed by atoms with Crippen LogP contribution in [0, 0.1) is 11.8 Å². The molecule has 29 heavy (non-hydrogen) atoms. The third-order valence-corrected chi connectivity index (χ3v) is 7.20. The van der Waals surface area contributed by atoms with E-state index in [9.17, 15) is 13.2 Å². The molecule has 1 saturated carbocycles. The van der Waals surface area contributed by atoms with Crippen molar-refractivity contribution in [3.8, 4) is 0 Å². The van der Waals surface area contributed by atoms with E-state index in [4.69, 9.17) is 0 Å². The molecule has 1 N–H and O–H groups in total. The Bertz CT molecular complexity index is 992. The summed E-state index contributed by atoms with van der Waals surface area (Å²) in [7, 11) is -3.29. The first-order valence-corrected chi connectivity index (χ1v) is 12.1. The fraction of sp³-hybridized carbons (Fsp3) is 0.435. The van der Waals surface area contributed by atoms with Gasteiger partial charge in [0.05, 0.1) is 6.26 Å². The van der Waals surface area contributed by atoms with Gasteiger partial charge in [-0.05, 0) is 47.9 Å². The number of carbonyl (C=O) groups excluding carboxylic acids is 1. The van der Waals surface area contributed by atoms with E-state index >= 15 is 0 Å². The molecular weight excluding hydrogens is 384 g/mol. The molecule has 4 rings (SSSR count). The fourth-order valence-corrected chi connectivity index (χ4v) is 5.45. The van der Waals surface area contributed by atoms with Crippen LogP contribution in [0.4, 0.5) is 5.69 Å². The van der Waals surface area contributed by atoms with Gasteiger partial charge < -0.3 is 4.90 Å². The van der Waals surface area contributed by atoms with E-state index in [1.165, 1.54) is 5.56 Å². The van der Waals surface area contributed by atoms with Crippen molar-refractivity contribution in [2.75, 3.05) is 24.1 Å². The molecule has 2 fully saturated rings. The number of hydrogen-bond acceptors (Lipinski definition) is 3. The molecule has 1 saturated heterocycles. The van der Waals surface area contributed by atoms with Crippen molar-refractivity contribution in [3.63, 3.8) is 0 Å². The summed E-state index contributed by atoms with van der Waals surface area (Å²) in [6.45, 7) is 3.84. The van der Waals surface area contributed by atoms with Gasteiger partial charge in [0.15, 0.2) is 0 Å². The van der Waals surface area contributed by atoms with Crippen LogP contribution in [-0.4, -0.2) is 38.6 Å². The summed E-state index contributed by atoms with van der Waals surface area (Å²) in [5.74, 6) is 1.16. The first-order chi connectivity index (χ1) is 13.8. The van der Waals surface area contributed by atoms with Gasteiger partial charge in [-0.1, -0.05) is 49.4 Å². The second-order valence-corrected chi connectivity index (χ2v) is 10.3. The molecular formula is C23H28N2O3S. The van der Waals surface area contributed by atoms with Gasteiger partial charge in [-0.3, -0.25) is 9.52 Å². The highest BCUT2D eigenvalue weighted by Gasteiger charge is 2.66. The molecule has 2 unspecified atom stereocenters. The van der Waals surface area contributed by atoms with E-state index in [0.29, 0.717) is 23.9 Å². The molecule has 0 radical (unpaired) electrons. The molecule has 1 aliphatic carbocycles. The second kappa shape index (κ2) is 7.48. The van der Waals surface area contributed by atoms with E-state index in [0.717, 1.165) is 37.8 Å². The first kappa shape index (κ1) is 20.0. The number of nitrogens with zero attached hydrogens (tertiary/aromatic N) is 1. The minimum atomic E-state index is -3.29. The molecule has 154 valence electrons. The summed E-state index contributed by atoms with van der Waals surface area (Å²) in [6, 6.07) is 18.0. The molecule has 2 aromatic carbocycles. The second-order valence-electron chi connectivity index (χ2n) is 8.59. The number of fused-ring (bicyclic) bond motifs is 1. The Balaban J connectivity index is 1.32. The Labute approximate surface area is 173 Å². The predicted molar refractivity (Wildman–Crippen MR) is 115 cm³/mol. The lowest BCUT2D eigenvalue weighted by Crippen LogP contribution is -2.34. The van der Waals surface area contributed by atoms with E-state index < -0.39 is 10.0 Å². The number of rotatable bonds is 7. The molecule has 2 aromatic rings. The van der Waals surface area contributed by atoms with Crippen molar-refractivity contribution in [2.24, 2.45) is 11.8 Å². The van der Waals surface area contributed by atoms with E-state index in [1.54, 1.807) is 6.07 Å². The third-order valence-electron chi connectivity index (χ3n) is 6.59. The smallest absolute Gasteiger partial charge is 0.229 e. The number of benzene rings is 2. The summed E-state index contributed by atoms with van der Waals surface area (Å²) in [4.78, 5) is 14.6. The van der Waals surface area contributed by atoms with Gasteiger partial charge in [-0.2, -0.15) is 0 Å².